The number of aryl methyl sites for hydroxylation is 1. The maximum atomic E-state index is 14.1. The Morgan fingerprint density at radius 2 is 1.39 bits per heavy atom. The maximum Gasteiger partial charge on any atom is 0.272 e. The monoisotopic (exact) mass is 623 g/mol. The van der Waals surface area contributed by atoms with Crippen molar-refractivity contribution in [2.75, 3.05) is 5.32 Å². The zero-order valence-corrected chi connectivity index (χ0v) is 26.4. The molecule has 0 saturated heterocycles. The molecule has 1 heterocycles. The highest BCUT2D eigenvalue weighted by Crippen LogP contribution is 2.33. The molecule has 5 aromatic carbocycles. The quantitative estimate of drug-likeness (QED) is 0.125. The highest BCUT2D eigenvalue weighted by molar-refractivity contribution is 8.00. The molecular weight excluding hydrogens is 591 g/mol. The van der Waals surface area contributed by atoms with E-state index in [0.717, 1.165) is 37.8 Å². The summed E-state index contributed by atoms with van der Waals surface area (Å²) in [5, 5.41) is 7.49. The molecule has 46 heavy (non-hydrogen) atoms. The Labute approximate surface area is 272 Å². The van der Waals surface area contributed by atoms with Gasteiger partial charge in [-0.2, -0.15) is 0 Å². The van der Waals surface area contributed by atoms with Crippen molar-refractivity contribution < 1.29 is 14.4 Å². The van der Waals surface area contributed by atoms with Crippen molar-refractivity contribution in [2.24, 2.45) is 0 Å². The van der Waals surface area contributed by atoms with Gasteiger partial charge in [0.25, 0.3) is 11.8 Å². The number of aromatic nitrogens is 1. The summed E-state index contributed by atoms with van der Waals surface area (Å²) in [5.41, 5.74) is 4.69. The molecule has 228 valence electrons. The molecule has 6 rings (SSSR count). The number of fused-ring (bicyclic) bond motifs is 3. The minimum Gasteiger partial charge on any atom is -0.321 e. The Morgan fingerprint density at radius 1 is 0.761 bits per heavy atom. The Bertz CT molecular complexity index is 2050. The lowest BCUT2D eigenvalue weighted by Gasteiger charge is -2.17. The highest BCUT2D eigenvalue weighted by atomic mass is 32.2. The fraction of sp³-hybridized carbons (Fsp3) is 0.103. The van der Waals surface area contributed by atoms with Gasteiger partial charge in [-0.1, -0.05) is 91.9 Å². The molecule has 1 aromatic heterocycles. The largest absolute Gasteiger partial charge is 0.321 e. The van der Waals surface area contributed by atoms with Crippen molar-refractivity contribution in [3.8, 4) is 0 Å². The number of carbonyl (C=O) groups is 3. The lowest BCUT2D eigenvalue weighted by atomic mass is 10.1. The van der Waals surface area contributed by atoms with Gasteiger partial charge in [0.15, 0.2) is 0 Å². The van der Waals surface area contributed by atoms with Crippen molar-refractivity contribution in [2.45, 2.75) is 30.4 Å². The van der Waals surface area contributed by atoms with Crippen LogP contribution >= 0.6 is 11.8 Å². The Hall–Kier alpha value is -5.40. The second-order valence-corrected chi connectivity index (χ2v) is 12.2. The average molecular weight is 624 g/mol. The highest BCUT2D eigenvalue weighted by Gasteiger charge is 2.24. The van der Waals surface area contributed by atoms with Gasteiger partial charge in [0.1, 0.15) is 5.70 Å². The number of benzene rings is 5. The second kappa shape index (κ2) is 13.7. The summed E-state index contributed by atoms with van der Waals surface area (Å²) in [5.74, 6) is -0.830. The smallest absolute Gasteiger partial charge is 0.272 e. The number of anilines is 1. The van der Waals surface area contributed by atoms with E-state index in [1.165, 1.54) is 11.8 Å². The van der Waals surface area contributed by atoms with Crippen LogP contribution in [0.15, 0.2) is 138 Å². The van der Waals surface area contributed by atoms with E-state index in [4.69, 9.17) is 0 Å². The molecule has 0 bridgehead atoms. The number of rotatable bonds is 9. The third kappa shape index (κ3) is 6.50. The summed E-state index contributed by atoms with van der Waals surface area (Å²) in [6.07, 6.45) is 2.30. The van der Waals surface area contributed by atoms with Crippen LogP contribution in [0.3, 0.4) is 0 Å². The molecule has 0 saturated carbocycles. The number of nitrogens with one attached hydrogen (secondary N) is 2. The Balaban J connectivity index is 1.25. The van der Waals surface area contributed by atoms with Gasteiger partial charge in [-0.15, -0.1) is 11.8 Å². The van der Waals surface area contributed by atoms with E-state index in [9.17, 15) is 14.4 Å². The van der Waals surface area contributed by atoms with E-state index in [0.29, 0.717) is 17.7 Å². The number of hydrogen-bond donors (Lipinski definition) is 2. The van der Waals surface area contributed by atoms with Gasteiger partial charge in [-0.05, 0) is 73.0 Å². The van der Waals surface area contributed by atoms with Gasteiger partial charge in [0, 0.05) is 26.9 Å². The van der Waals surface area contributed by atoms with Crippen LogP contribution in [-0.2, 0) is 4.79 Å². The lowest BCUT2D eigenvalue weighted by Crippen LogP contribution is -2.30. The molecule has 2 N–H and O–H groups in total. The minimum atomic E-state index is -0.455. The number of amides is 2. The van der Waals surface area contributed by atoms with Crippen LogP contribution in [0.5, 0.6) is 0 Å². The zero-order chi connectivity index (χ0) is 32.0. The Morgan fingerprint density at radius 3 is 2.07 bits per heavy atom. The predicted octanol–water partition coefficient (Wildman–Crippen LogP) is 8.72. The molecule has 0 aliphatic carbocycles. The van der Waals surface area contributed by atoms with Gasteiger partial charge in [0.05, 0.1) is 16.3 Å². The first kappa shape index (κ1) is 30.6. The first-order valence-corrected chi connectivity index (χ1v) is 16.0. The molecule has 1 atom stereocenters. The Kier molecular flexibility index (Phi) is 9.13. The summed E-state index contributed by atoms with van der Waals surface area (Å²) in [6, 6.07) is 39.8. The van der Waals surface area contributed by atoms with Gasteiger partial charge in [-0.3, -0.25) is 19.0 Å². The van der Waals surface area contributed by atoms with E-state index in [-0.39, 0.29) is 22.8 Å². The number of thioether (sulfide) groups is 1. The van der Waals surface area contributed by atoms with Gasteiger partial charge >= 0.3 is 0 Å². The van der Waals surface area contributed by atoms with E-state index < -0.39 is 5.91 Å². The van der Waals surface area contributed by atoms with Crippen molar-refractivity contribution in [1.82, 2.24) is 9.88 Å². The summed E-state index contributed by atoms with van der Waals surface area (Å²) in [7, 11) is 0. The third-order valence-corrected chi connectivity index (χ3v) is 9.18. The van der Waals surface area contributed by atoms with Crippen molar-refractivity contribution in [1.29, 1.82) is 0 Å². The summed E-state index contributed by atoms with van der Waals surface area (Å²) < 4.78 is 1.83. The average Bonchev–Trinajstić information content (AvgIpc) is 3.42. The topological polar surface area (TPSA) is 80.2 Å². The SMILES string of the molecule is CCC(Sc1cccc(NC(=O)/C(=C/c2ccccc2C)NC(=O)c2ccccc2)c1)C(=O)n1c2ccccc2c2ccccc21. The molecule has 7 heteroatoms. The molecule has 1 unspecified atom stereocenters. The molecule has 6 nitrogen and oxygen atoms in total. The normalized spacial score (nSPS) is 12.2. The fourth-order valence-electron chi connectivity index (χ4n) is 5.47. The molecule has 2 amide bonds. The lowest BCUT2D eigenvalue weighted by molar-refractivity contribution is -0.113. The molecule has 0 fully saturated rings. The predicted molar refractivity (Wildman–Crippen MR) is 188 cm³/mol. The first-order valence-electron chi connectivity index (χ1n) is 15.2. The van der Waals surface area contributed by atoms with Crippen molar-refractivity contribution >= 4 is 63.1 Å². The van der Waals surface area contributed by atoms with Gasteiger partial charge in [0.2, 0.25) is 5.91 Å². The van der Waals surface area contributed by atoms with Crippen molar-refractivity contribution in [3.05, 3.63) is 150 Å². The molecule has 0 aliphatic heterocycles. The van der Waals surface area contributed by atoms with E-state index in [1.807, 2.05) is 115 Å². The number of para-hydroxylation sites is 2. The van der Waals surface area contributed by atoms with Crippen LogP contribution in [0.4, 0.5) is 5.69 Å². The van der Waals surface area contributed by atoms with Gasteiger partial charge < -0.3 is 10.6 Å². The van der Waals surface area contributed by atoms with Crippen LogP contribution in [0.25, 0.3) is 27.9 Å². The second-order valence-electron chi connectivity index (χ2n) is 10.9. The molecule has 0 radical (unpaired) electrons. The van der Waals surface area contributed by atoms with Crippen molar-refractivity contribution in [3.63, 3.8) is 0 Å². The van der Waals surface area contributed by atoms with E-state index >= 15 is 0 Å². The van der Waals surface area contributed by atoms with E-state index in [1.54, 1.807) is 36.4 Å². The number of hydrogen-bond acceptors (Lipinski definition) is 4. The van der Waals surface area contributed by atoms with Crippen LogP contribution < -0.4 is 10.6 Å². The van der Waals surface area contributed by atoms with Crippen LogP contribution in [-0.4, -0.2) is 27.5 Å². The third-order valence-electron chi connectivity index (χ3n) is 7.83. The van der Waals surface area contributed by atoms with Crippen LogP contribution in [0.1, 0.15) is 39.6 Å². The summed E-state index contributed by atoms with van der Waals surface area (Å²) in [6.45, 7) is 3.96. The fourth-order valence-corrected chi connectivity index (χ4v) is 6.52. The molecule has 0 spiro atoms. The van der Waals surface area contributed by atoms with Crippen LogP contribution in [0.2, 0.25) is 0 Å². The zero-order valence-electron chi connectivity index (χ0n) is 25.6. The summed E-state index contributed by atoms with van der Waals surface area (Å²) in [4.78, 5) is 41.6. The summed E-state index contributed by atoms with van der Waals surface area (Å²) >= 11 is 1.47. The molecule has 6 aromatic rings. The standard InChI is InChI=1S/C39H33N3O3S/c1-3-36(39(45)42-34-22-11-9-20-31(34)32-21-10-12-23-35(32)42)46-30-19-13-18-29(25-30)40-38(44)33(24-28-17-8-7-14-26(28)2)41-37(43)27-15-5-4-6-16-27/h4-25,36H,3H2,1-2H3,(H,40,44)(H,41,43)/b33-24-. The maximum absolute atomic E-state index is 14.1. The minimum absolute atomic E-state index is 0.00594. The first-order chi connectivity index (χ1) is 22.4. The number of carbonyl (C=O) groups excluding carboxylic acids is 3. The molecule has 0 aliphatic rings. The molecular formula is C39H33N3O3S. The number of nitrogens with zero attached hydrogens (tertiary/aromatic N) is 1. The van der Waals surface area contributed by atoms with Crippen LogP contribution in [0, 0.1) is 6.92 Å². The van der Waals surface area contributed by atoms with Gasteiger partial charge in [-0.25, -0.2) is 0 Å². The van der Waals surface area contributed by atoms with E-state index in [2.05, 4.69) is 10.6 Å².